The topological polar surface area (TPSA) is 80.5 Å². The van der Waals surface area contributed by atoms with Crippen molar-refractivity contribution in [2.75, 3.05) is 13.6 Å². The van der Waals surface area contributed by atoms with Gasteiger partial charge < -0.3 is 0 Å². The van der Waals surface area contributed by atoms with Crippen LogP contribution in [0.25, 0.3) is 27.8 Å². The highest BCUT2D eigenvalue weighted by Crippen LogP contribution is 2.28. The van der Waals surface area contributed by atoms with Gasteiger partial charge in [0.15, 0.2) is 11.5 Å². The highest BCUT2D eigenvalue weighted by molar-refractivity contribution is 7.89. The summed E-state index contributed by atoms with van der Waals surface area (Å²) < 4.78 is 29.4. The minimum Gasteiger partial charge on any atom is -0.207 e. The molecule has 0 radical (unpaired) electrons. The van der Waals surface area contributed by atoms with Crippen molar-refractivity contribution in [3.05, 3.63) is 53.7 Å². The van der Waals surface area contributed by atoms with Crippen LogP contribution in [0.4, 0.5) is 0 Å². The number of aryl methyl sites for hydroxylation is 2. The van der Waals surface area contributed by atoms with Gasteiger partial charge in [-0.25, -0.2) is 12.7 Å². The molecule has 7 nitrogen and oxygen atoms in total. The Morgan fingerprint density at radius 2 is 1.77 bits per heavy atom. The van der Waals surface area contributed by atoms with E-state index in [2.05, 4.69) is 15.3 Å². The van der Waals surface area contributed by atoms with Crippen molar-refractivity contribution in [1.29, 1.82) is 0 Å². The van der Waals surface area contributed by atoms with E-state index in [0.29, 0.717) is 29.1 Å². The highest BCUT2D eigenvalue weighted by atomic mass is 32.2. The summed E-state index contributed by atoms with van der Waals surface area (Å²) in [5, 5.41) is 15.3. The average Bonchev–Trinajstić information content (AvgIpc) is 3.16. The minimum atomic E-state index is -3.60. The molecule has 0 aliphatic rings. The van der Waals surface area contributed by atoms with E-state index < -0.39 is 10.0 Å². The minimum absolute atomic E-state index is 0.285. The molecule has 0 spiro atoms. The van der Waals surface area contributed by atoms with Gasteiger partial charge in [0, 0.05) is 29.9 Å². The van der Waals surface area contributed by atoms with Crippen molar-refractivity contribution in [3.63, 3.8) is 0 Å². The summed E-state index contributed by atoms with van der Waals surface area (Å²) in [4.78, 5) is 0.285. The molecule has 0 saturated heterocycles. The molecule has 156 valence electrons. The van der Waals surface area contributed by atoms with Crippen LogP contribution < -0.4 is 0 Å². The van der Waals surface area contributed by atoms with Crippen LogP contribution in [-0.4, -0.2) is 46.1 Å². The lowest BCUT2D eigenvalue weighted by Crippen LogP contribution is -2.28. The van der Waals surface area contributed by atoms with Gasteiger partial charge in [-0.15, -0.1) is 10.2 Å². The van der Waals surface area contributed by atoms with Gasteiger partial charge >= 0.3 is 0 Å². The van der Waals surface area contributed by atoms with Gasteiger partial charge in [0.1, 0.15) is 0 Å². The maximum absolute atomic E-state index is 13.1. The van der Waals surface area contributed by atoms with Crippen LogP contribution in [0.3, 0.4) is 0 Å². The summed E-state index contributed by atoms with van der Waals surface area (Å²) in [5.41, 5.74) is 2.87. The first-order valence-corrected chi connectivity index (χ1v) is 11.5. The second-order valence-electron chi connectivity index (χ2n) is 7.55. The number of fused-ring (bicyclic) bond motifs is 3. The maximum Gasteiger partial charge on any atom is 0.243 e. The smallest absolute Gasteiger partial charge is 0.207 e. The van der Waals surface area contributed by atoms with Crippen LogP contribution >= 0.6 is 0 Å². The molecular weight excluding hydrogens is 398 g/mol. The lowest BCUT2D eigenvalue weighted by Gasteiger charge is -2.18. The average molecular weight is 424 g/mol. The van der Waals surface area contributed by atoms with E-state index in [9.17, 15) is 8.42 Å². The molecular formula is C22H25N5O2S. The number of sulfonamides is 1. The normalized spacial score (nSPS) is 12.3. The molecule has 0 bridgehead atoms. The fourth-order valence-electron chi connectivity index (χ4n) is 3.61. The Hall–Kier alpha value is -2.84. The van der Waals surface area contributed by atoms with Crippen molar-refractivity contribution in [3.8, 4) is 11.4 Å². The molecule has 0 aliphatic carbocycles. The molecule has 2 heterocycles. The fourth-order valence-corrected chi connectivity index (χ4v) is 5.06. The molecule has 4 rings (SSSR count). The molecule has 0 amide bonds. The van der Waals surface area contributed by atoms with Crippen molar-refractivity contribution >= 4 is 26.4 Å². The number of rotatable bonds is 6. The Kier molecular flexibility index (Phi) is 5.29. The number of nitrogens with zero attached hydrogens (tertiary/aromatic N) is 5. The predicted molar refractivity (Wildman–Crippen MR) is 118 cm³/mol. The molecule has 4 aromatic rings. The number of hydrogen-bond donors (Lipinski definition) is 0. The van der Waals surface area contributed by atoms with Crippen LogP contribution in [0.2, 0.25) is 0 Å². The van der Waals surface area contributed by atoms with Crippen LogP contribution in [0.1, 0.15) is 31.0 Å². The number of hydrogen-bond acceptors (Lipinski definition) is 5. The van der Waals surface area contributed by atoms with Crippen molar-refractivity contribution in [2.24, 2.45) is 0 Å². The number of benzene rings is 2. The third-order valence-electron chi connectivity index (χ3n) is 5.41. The Morgan fingerprint density at radius 1 is 1.03 bits per heavy atom. The van der Waals surface area contributed by atoms with Gasteiger partial charge in [-0.2, -0.15) is 9.61 Å². The molecule has 2 aromatic carbocycles. The quantitative estimate of drug-likeness (QED) is 0.469. The van der Waals surface area contributed by atoms with E-state index in [1.807, 2.05) is 57.2 Å². The van der Waals surface area contributed by atoms with E-state index >= 15 is 0 Å². The lowest BCUT2D eigenvalue weighted by atomic mass is 10.1. The van der Waals surface area contributed by atoms with E-state index in [0.717, 1.165) is 29.3 Å². The van der Waals surface area contributed by atoms with E-state index in [-0.39, 0.29) is 4.90 Å². The van der Waals surface area contributed by atoms with Crippen molar-refractivity contribution in [2.45, 2.75) is 38.5 Å². The van der Waals surface area contributed by atoms with Gasteiger partial charge in [0.2, 0.25) is 10.0 Å². The monoisotopic (exact) mass is 423 g/mol. The first-order valence-electron chi connectivity index (χ1n) is 10.0. The first kappa shape index (κ1) is 20.4. The Morgan fingerprint density at radius 3 is 2.50 bits per heavy atom. The molecule has 2 aromatic heterocycles. The summed E-state index contributed by atoms with van der Waals surface area (Å²) in [6, 6.07) is 13.3. The van der Waals surface area contributed by atoms with Gasteiger partial charge in [-0.05, 0) is 31.9 Å². The van der Waals surface area contributed by atoms with E-state index in [1.165, 1.54) is 4.31 Å². The molecule has 30 heavy (non-hydrogen) atoms. The van der Waals surface area contributed by atoms with Gasteiger partial charge in [0.25, 0.3) is 0 Å². The number of aromatic nitrogens is 4. The Labute approximate surface area is 176 Å². The third-order valence-corrected chi connectivity index (χ3v) is 7.41. The summed E-state index contributed by atoms with van der Waals surface area (Å²) in [6.07, 6.45) is 1.75. The highest BCUT2D eigenvalue weighted by Gasteiger charge is 2.24. The van der Waals surface area contributed by atoms with Gasteiger partial charge in [0.05, 0.1) is 10.6 Å². The molecule has 0 atom stereocenters. The van der Waals surface area contributed by atoms with Gasteiger partial charge in [-0.3, -0.25) is 0 Å². The molecule has 0 aliphatic heterocycles. The molecule has 0 saturated carbocycles. The molecule has 0 unspecified atom stereocenters. The molecule has 8 heteroatoms. The van der Waals surface area contributed by atoms with Crippen LogP contribution in [-0.2, 0) is 10.0 Å². The van der Waals surface area contributed by atoms with Crippen molar-refractivity contribution in [1.82, 2.24) is 24.1 Å². The standard InChI is InChI=1S/C22H25N5O2S/c1-5-6-13-26(4)30(28,29)20-14-17(12-11-15(20)2)21-23-24-22-19-10-8-7-9-18(19)16(3)25-27(21)22/h7-12,14H,5-6,13H2,1-4H3. The summed E-state index contributed by atoms with van der Waals surface area (Å²) in [5.74, 6) is 0.520. The molecule has 0 N–H and O–H groups in total. The largest absolute Gasteiger partial charge is 0.243 e. The second kappa shape index (κ2) is 7.77. The van der Waals surface area contributed by atoms with E-state index in [1.54, 1.807) is 17.6 Å². The zero-order valence-electron chi connectivity index (χ0n) is 17.6. The van der Waals surface area contributed by atoms with E-state index in [4.69, 9.17) is 0 Å². The van der Waals surface area contributed by atoms with Crippen molar-refractivity contribution < 1.29 is 8.42 Å². The Balaban J connectivity index is 1.87. The predicted octanol–water partition coefficient (Wildman–Crippen LogP) is 3.98. The first-order chi connectivity index (χ1) is 14.3. The number of unbranched alkanes of at least 4 members (excludes halogenated alkanes) is 1. The molecule has 0 fully saturated rings. The SMILES string of the molecule is CCCCN(C)S(=O)(=O)c1cc(-c2nnc3c4ccccc4c(C)nn23)ccc1C. The summed E-state index contributed by atoms with van der Waals surface area (Å²) in [7, 11) is -1.97. The third kappa shape index (κ3) is 3.36. The zero-order valence-corrected chi connectivity index (χ0v) is 18.4. The maximum atomic E-state index is 13.1. The second-order valence-corrected chi connectivity index (χ2v) is 9.56. The zero-order chi connectivity index (χ0) is 21.5. The lowest BCUT2D eigenvalue weighted by molar-refractivity contribution is 0.459. The van der Waals surface area contributed by atoms with Gasteiger partial charge in [-0.1, -0.05) is 49.7 Å². The van der Waals surface area contributed by atoms with Crippen LogP contribution in [0, 0.1) is 13.8 Å². The summed E-state index contributed by atoms with van der Waals surface area (Å²) >= 11 is 0. The summed E-state index contributed by atoms with van der Waals surface area (Å²) in [6.45, 7) is 6.28. The fraction of sp³-hybridized carbons (Fsp3) is 0.318. The van der Waals surface area contributed by atoms with Crippen LogP contribution in [0.15, 0.2) is 47.4 Å². The van der Waals surface area contributed by atoms with Crippen LogP contribution in [0.5, 0.6) is 0 Å². The Bertz CT molecular complexity index is 1340.